The molecule has 0 amide bonds. The Kier molecular flexibility index (Phi) is 5.13. The van der Waals surface area contributed by atoms with Crippen molar-refractivity contribution in [3.63, 3.8) is 0 Å². The normalized spacial score (nSPS) is 52.8. The monoisotopic (exact) mass is 428 g/mol. The van der Waals surface area contributed by atoms with Gasteiger partial charge in [-0.05, 0) is 80.3 Å². The van der Waals surface area contributed by atoms with Crippen LogP contribution in [0.2, 0.25) is 0 Å². The zero-order valence-corrected chi connectivity index (χ0v) is 20.6. The van der Waals surface area contributed by atoms with E-state index in [1.807, 2.05) is 0 Å². The summed E-state index contributed by atoms with van der Waals surface area (Å²) < 4.78 is 0. The van der Waals surface area contributed by atoms with E-state index in [1.165, 1.54) is 25.7 Å². The van der Waals surface area contributed by atoms with Gasteiger partial charge in [0.2, 0.25) is 0 Å². The van der Waals surface area contributed by atoms with Crippen LogP contribution in [0.5, 0.6) is 0 Å². The molecule has 0 radical (unpaired) electrons. The molecule has 31 heavy (non-hydrogen) atoms. The number of hydrogen-bond acceptors (Lipinski definition) is 3. The zero-order valence-electron chi connectivity index (χ0n) is 20.6. The highest BCUT2D eigenvalue weighted by molar-refractivity contribution is 5.34. The standard InChI is InChI=1S/C28H44O3/c1-18(2)19(3)7-8-20(4)22-12-14-25(5)23(22)9-10-24-26(6)13-11-21(29)17-27(26)15-16-28(24,25)31-30-27/h7-8,15-16,18-24,29H,9-14,17H2,1-6H3/b8-7+/t19-,20-,21+,22-,23-,24-,25-,26-,27-,28-/m1/s1. The van der Waals surface area contributed by atoms with Crippen LogP contribution in [0.4, 0.5) is 0 Å². The van der Waals surface area contributed by atoms with E-state index in [4.69, 9.17) is 9.78 Å². The number of hydrogen-bond donors (Lipinski definition) is 1. The van der Waals surface area contributed by atoms with E-state index in [-0.39, 0.29) is 22.5 Å². The number of allylic oxidation sites excluding steroid dienone is 2. The summed E-state index contributed by atoms with van der Waals surface area (Å²) in [6.07, 6.45) is 17.0. The second kappa shape index (κ2) is 7.18. The van der Waals surface area contributed by atoms with Crippen molar-refractivity contribution in [2.24, 2.45) is 46.3 Å². The molecule has 3 saturated carbocycles. The molecule has 2 aliphatic heterocycles. The molecule has 174 valence electrons. The largest absolute Gasteiger partial charge is 0.393 e. The van der Waals surface area contributed by atoms with Crippen LogP contribution in [0.3, 0.4) is 0 Å². The van der Waals surface area contributed by atoms with Crippen molar-refractivity contribution in [1.82, 2.24) is 0 Å². The molecule has 2 heterocycles. The minimum absolute atomic E-state index is 0.0590. The Balaban J connectivity index is 1.45. The molecule has 2 spiro atoms. The minimum atomic E-state index is -0.443. The van der Waals surface area contributed by atoms with Gasteiger partial charge in [0, 0.05) is 23.2 Å². The Hall–Kier alpha value is -0.640. The summed E-state index contributed by atoms with van der Waals surface area (Å²) in [5, 5.41) is 10.4. The van der Waals surface area contributed by atoms with Gasteiger partial charge in [0.25, 0.3) is 0 Å². The lowest BCUT2D eigenvalue weighted by molar-refractivity contribution is -0.504. The fourth-order valence-corrected chi connectivity index (χ4v) is 8.58. The van der Waals surface area contributed by atoms with Crippen molar-refractivity contribution >= 4 is 0 Å². The van der Waals surface area contributed by atoms with Gasteiger partial charge in [-0.2, -0.15) is 0 Å². The lowest BCUT2D eigenvalue weighted by Crippen LogP contribution is -2.74. The Morgan fingerprint density at radius 1 is 0.903 bits per heavy atom. The molecular formula is C28H44O3. The third kappa shape index (κ3) is 2.81. The smallest absolute Gasteiger partial charge is 0.131 e. The lowest BCUT2D eigenvalue weighted by atomic mass is 9.41. The predicted molar refractivity (Wildman–Crippen MR) is 124 cm³/mol. The highest BCUT2D eigenvalue weighted by Gasteiger charge is 2.75. The van der Waals surface area contributed by atoms with Gasteiger partial charge in [0.15, 0.2) is 0 Å². The van der Waals surface area contributed by atoms with Crippen LogP contribution in [0.1, 0.15) is 86.5 Å². The third-order valence-electron chi connectivity index (χ3n) is 11.2. The van der Waals surface area contributed by atoms with Crippen molar-refractivity contribution in [3.8, 4) is 0 Å². The molecule has 2 bridgehead atoms. The number of fused-ring (bicyclic) bond motifs is 2. The van der Waals surface area contributed by atoms with Crippen LogP contribution in [-0.2, 0) is 9.78 Å². The number of aliphatic hydroxyl groups excluding tert-OH is 1. The van der Waals surface area contributed by atoms with Crippen LogP contribution in [-0.4, -0.2) is 22.4 Å². The summed E-state index contributed by atoms with van der Waals surface area (Å²) in [5.41, 5.74) is -0.572. The molecule has 1 N–H and O–H groups in total. The van der Waals surface area contributed by atoms with Crippen molar-refractivity contribution in [2.45, 2.75) is 104 Å². The average Bonchev–Trinajstić information content (AvgIpc) is 3.09. The third-order valence-corrected chi connectivity index (χ3v) is 11.2. The van der Waals surface area contributed by atoms with E-state index in [0.29, 0.717) is 36.0 Å². The van der Waals surface area contributed by atoms with E-state index in [0.717, 1.165) is 18.8 Å². The molecule has 4 aliphatic carbocycles. The summed E-state index contributed by atoms with van der Waals surface area (Å²) in [5.74, 6) is 3.82. The van der Waals surface area contributed by atoms with Gasteiger partial charge < -0.3 is 5.11 Å². The first-order valence-corrected chi connectivity index (χ1v) is 13.0. The summed E-state index contributed by atoms with van der Waals surface area (Å²) in [4.78, 5) is 12.8. The molecule has 1 saturated heterocycles. The molecular weight excluding hydrogens is 384 g/mol. The van der Waals surface area contributed by atoms with Crippen molar-refractivity contribution in [1.29, 1.82) is 0 Å². The molecule has 6 aliphatic rings. The Morgan fingerprint density at radius 3 is 2.32 bits per heavy atom. The van der Waals surface area contributed by atoms with Gasteiger partial charge in [-0.3, -0.25) is 0 Å². The second-order valence-electron chi connectivity index (χ2n) is 12.7. The van der Waals surface area contributed by atoms with Gasteiger partial charge in [0.05, 0.1) is 6.10 Å². The van der Waals surface area contributed by atoms with E-state index in [2.05, 4.69) is 65.8 Å². The minimum Gasteiger partial charge on any atom is -0.393 e. The maximum absolute atomic E-state index is 10.4. The lowest BCUT2D eigenvalue weighted by Gasteiger charge is -2.70. The van der Waals surface area contributed by atoms with Crippen LogP contribution < -0.4 is 0 Å². The molecule has 0 aromatic carbocycles. The van der Waals surface area contributed by atoms with E-state index >= 15 is 0 Å². The highest BCUT2D eigenvalue weighted by Crippen LogP contribution is 2.73. The van der Waals surface area contributed by atoms with E-state index in [1.54, 1.807) is 0 Å². The van der Waals surface area contributed by atoms with Crippen molar-refractivity contribution in [3.05, 3.63) is 24.3 Å². The molecule has 6 rings (SSSR count). The predicted octanol–water partition coefficient (Wildman–Crippen LogP) is 6.47. The summed E-state index contributed by atoms with van der Waals surface area (Å²) in [6, 6.07) is 0. The van der Waals surface area contributed by atoms with Crippen LogP contribution in [0, 0.1) is 46.3 Å². The fourth-order valence-electron chi connectivity index (χ4n) is 8.58. The van der Waals surface area contributed by atoms with Gasteiger partial charge in [-0.15, -0.1) is 0 Å². The molecule has 0 unspecified atom stereocenters. The molecule has 0 aromatic rings. The van der Waals surface area contributed by atoms with Gasteiger partial charge in [0.1, 0.15) is 11.2 Å². The summed E-state index contributed by atoms with van der Waals surface area (Å²) in [7, 11) is 0. The van der Waals surface area contributed by atoms with Crippen molar-refractivity contribution < 1.29 is 14.9 Å². The van der Waals surface area contributed by atoms with Gasteiger partial charge in [-0.1, -0.05) is 53.7 Å². The summed E-state index contributed by atoms with van der Waals surface area (Å²) in [6.45, 7) is 14.3. The highest BCUT2D eigenvalue weighted by atomic mass is 17.2. The number of rotatable bonds is 4. The van der Waals surface area contributed by atoms with E-state index in [9.17, 15) is 5.11 Å². The van der Waals surface area contributed by atoms with Gasteiger partial charge in [-0.25, -0.2) is 9.78 Å². The average molecular weight is 429 g/mol. The Labute approximate surface area is 189 Å². The van der Waals surface area contributed by atoms with E-state index < -0.39 is 5.60 Å². The Bertz CT molecular complexity index is 772. The van der Waals surface area contributed by atoms with Crippen LogP contribution in [0.15, 0.2) is 24.3 Å². The number of aliphatic hydroxyl groups is 1. The molecule has 4 fully saturated rings. The fraction of sp³-hybridized carbons (Fsp3) is 0.857. The Morgan fingerprint density at radius 2 is 1.65 bits per heavy atom. The zero-order chi connectivity index (χ0) is 22.2. The SMILES string of the molecule is CC(C)[C@H](C)/C=C/[C@@H](C)[C@H]1CC[C@]2(C)[C@@H]1CC[C@@H]1[C@@]3(C)CC[C@H](O)C[C@]34C=C[C@@]12OO4. The second-order valence-corrected chi connectivity index (χ2v) is 12.7. The molecule has 10 atom stereocenters. The maximum Gasteiger partial charge on any atom is 0.131 e. The quantitative estimate of drug-likeness (QED) is 0.412. The first-order chi connectivity index (χ1) is 14.6. The first-order valence-electron chi connectivity index (χ1n) is 13.0. The molecule has 0 aromatic heterocycles. The topological polar surface area (TPSA) is 38.7 Å². The molecule has 3 nitrogen and oxygen atoms in total. The van der Waals surface area contributed by atoms with Crippen molar-refractivity contribution in [2.75, 3.05) is 0 Å². The molecule has 3 heteroatoms. The van der Waals surface area contributed by atoms with Crippen LogP contribution >= 0.6 is 0 Å². The van der Waals surface area contributed by atoms with Crippen LogP contribution in [0.25, 0.3) is 0 Å². The first kappa shape index (κ1) is 22.2. The van der Waals surface area contributed by atoms with Gasteiger partial charge >= 0.3 is 0 Å². The summed E-state index contributed by atoms with van der Waals surface area (Å²) >= 11 is 0. The maximum atomic E-state index is 10.4.